The molecule has 1 aromatic carbocycles. The Morgan fingerprint density at radius 2 is 2.03 bits per heavy atom. The topological polar surface area (TPSA) is 140 Å². The van der Waals surface area contributed by atoms with Gasteiger partial charge >= 0.3 is 6.09 Å². The van der Waals surface area contributed by atoms with Crippen molar-refractivity contribution in [3.8, 4) is 17.0 Å². The quantitative estimate of drug-likeness (QED) is 0.417. The number of benzene rings is 1. The molecule has 2 aliphatic rings. The van der Waals surface area contributed by atoms with Gasteiger partial charge in [-0.1, -0.05) is 0 Å². The van der Waals surface area contributed by atoms with E-state index in [1.807, 2.05) is 6.92 Å². The summed E-state index contributed by atoms with van der Waals surface area (Å²) in [5.41, 5.74) is 8.44. The van der Waals surface area contributed by atoms with Gasteiger partial charge in [-0.2, -0.15) is 0 Å². The number of hydrogen-bond acceptors (Lipinski definition) is 8. The number of halogens is 1. The largest absolute Gasteiger partial charge is 0.474 e. The minimum Gasteiger partial charge on any atom is -0.474 e. The zero-order valence-electron chi connectivity index (χ0n) is 19.3. The van der Waals surface area contributed by atoms with E-state index >= 15 is 4.39 Å². The van der Waals surface area contributed by atoms with Gasteiger partial charge in [0.15, 0.2) is 5.82 Å². The summed E-state index contributed by atoms with van der Waals surface area (Å²) in [6.45, 7) is 3.00. The fourth-order valence-electron chi connectivity index (χ4n) is 4.42. The molecule has 182 valence electrons. The van der Waals surface area contributed by atoms with Crippen LogP contribution in [0, 0.1) is 18.7 Å². The van der Waals surface area contributed by atoms with E-state index in [1.54, 1.807) is 25.4 Å². The molecule has 0 saturated heterocycles. The molecular weight excluding hydrogens is 455 g/mol. The van der Waals surface area contributed by atoms with Crippen LogP contribution in [-0.2, 0) is 9.53 Å². The molecule has 0 unspecified atom stereocenters. The van der Waals surface area contributed by atoms with Crippen LogP contribution in [0.3, 0.4) is 0 Å². The van der Waals surface area contributed by atoms with Crippen molar-refractivity contribution in [1.29, 1.82) is 0 Å². The van der Waals surface area contributed by atoms with E-state index in [2.05, 4.69) is 25.9 Å². The lowest BCUT2D eigenvalue weighted by atomic mass is 9.81. The van der Waals surface area contributed by atoms with Crippen molar-refractivity contribution >= 4 is 40.0 Å². The van der Waals surface area contributed by atoms with Crippen LogP contribution in [0.15, 0.2) is 24.5 Å². The lowest BCUT2D eigenvalue weighted by molar-refractivity contribution is -0.130. The van der Waals surface area contributed by atoms with E-state index in [-0.39, 0.29) is 35.0 Å². The number of hydrogen-bond donors (Lipinski definition) is 4. The van der Waals surface area contributed by atoms with Gasteiger partial charge < -0.3 is 25.8 Å². The first-order valence-electron chi connectivity index (χ1n) is 11.3. The number of carbonyl (C=O) groups excluding carboxylic acids is 2. The fraction of sp³-hybridized carbons (Fsp3) is 0.333. The van der Waals surface area contributed by atoms with Crippen molar-refractivity contribution in [2.75, 3.05) is 36.6 Å². The van der Waals surface area contributed by atoms with Gasteiger partial charge in [-0.05, 0) is 42.8 Å². The molecule has 1 aliphatic heterocycles. The molecule has 0 atom stereocenters. The van der Waals surface area contributed by atoms with Gasteiger partial charge in [-0.25, -0.2) is 19.2 Å². The molecule has 3 aromatic rings. The third kappa shape index (κ3) is 4.13. The number of pyridine rings is 2. The predicted molar refractivity (Wildman–Crippen MR) is 129 cm³/mol. The number of nitrogens with two attached hydrogens (primary N) is 1. The minimum atomic E-state index is -0.673. The molecule has 1 fully saturated rings. The summed E-state index contributed by atoms with van der Waals surface area (Å²) in [6, 6.07) is 3.26. The predicted octanol–water partition coefficient (Wildman–Crippen LogP) is 3.20. The Morgan fingerprint density at radius 3 is 2.80 bits per heavy atom. The van der Waals surface area contributed by atoms with Gasteiger partial charge in [0.2, 0.25) is 11.8 Å². The maximum atomic E-state index is 15.3. The first-order chi connectivity index (χ1) is 16.9. The second-order valence-corrected chi connectivity index (χ2v) is 8.63. The Labute approximate surface area is 200 Å². The van der Waals surface area contributed by atoms with Crippen LogP contribution in [0.1, 0.15) is 18.4 Å². The number of carbonyl (C=O) groups is 2. The highest BCUT2D eigenvalue weighted by Crippen LogP contribution is 2.39. The molecule has 1 saturated carbocycles. The number of fused-ring (bicyclic) bond motifs is 2. The van der Waals surface area contributed by atoms with E-state index in [9.17, 15) is 9.59 Å². The fourth-order valence-corrected chi connectivity index (χ4v) is 4.42. The number of nitrogen functional groups attached to an aromatic ring is 1. The van der Waals surface area contributed by atoms with E-state index in [1.165, 1.54) is 6.20 Å². The highest BCUT2D eigenvalue weighted by Gasteiger charge is 2.36. The van der Waals surface area contributed by atoms with Crippen LogP contribution >= 0.6 is 0 Å². The molecule has 2 aromatic heterocycles. The van der Waals surface area contributed by atoms with E-state index in [0.717, 1.165) is 11.3 Å². The lowest BCUT2D eigenvalue weighted by Crippen LogP contribution is -2.42. The smallest absolute Gasteiger partial charge is 0.413 e. The molecule has 0 bridgehead atoms. The van der Waals surface area contributed by atoms with Crippen LogP contribution in [0.5, 0.6) is 5.88 Å². The normalized spacial score (nSPS) is 18.5. The zero-order valence-corrected chi connectivity index (χ0v) is 19.3. The van der Waals surface area contributed by atoms with Crippen molar-refractivity contribution in [3.05, 3.63) is 35.9 Å². The number of rotatable bonds is 4. The van der Waals surface area contributed by atoms with E-state index in [4.69, 9.17) is 15.2 Å². The summed E-state index contributed by atoms with van der Waals surface area (Å²) < 4.78 is 26.2. The molecule has 5 rings (SSSR count). The number of anilines is 3. The van der Waals surface area contributed by atoms with Crippen molar-refractivity contribution < 1.29 is 23.5 Å². The summed E-state index contributed by atoms with van der Waals surface area (Å²) in [6.07, 6.45) is 2.93. The summed E-state index contributed by atoms with van der Waals surface area (Å²) in [4.78, 5) is 32.4. The number of aromatic nitrogens is 2. The van der Waals surface area contributed by atoms with Crippen molar-refractivity contribution in [2.45, 2.75) is 25.9 Å². The van der Waals surface area contributed by atoms with Gasteiger partial charge in [0.1, 0.15) is 24.2 Å². The second-order valence-electron chi connectivity index (χ2n) is 8.63. The molecule has 1 aliphatic carbocycles. The van der Waals surface area contributed by atoms with E-state index in [0.29, 0.717) is 48.2 Å². The average Bonchev–Trinajstić information content (AvgIpc) is 2.83. The van der Waals surface area contributed by atoms with Crippen molar-refractivity contribution in [3.63, 3.8) is 0 Å². The second kappa shape index (κ2) is 8.90. The summed E-state index contributed by atoms with van der Waals surface area (Å²) in [5, 5.41) is 9.43. The first-order valence-corrected chi connectivity index (χ1v) is 11.3. The van der Waals surface area contributed by atoms with Crippen LogP contribution in [-0.4, -0.2) is 48.3 Å². The summed E-state index contributed by atoms with van der Waals surface area (Å²) in [7, 11) is 1.58. The molecule has 10 nitrogen and oxygen atoms in total. The highest BCUT2D eigenvalue weighted by molar-refractivity contribution is 5.99. The summed E-state index contributed by atoms with van der Waals surface area (Å²) in [5.74, 6) is -0.0615. The number of nitrogens with one attached hydrogen (secondary N) is 3. The molecule has 5 N–H and O–H groups in total. The summed E-state index contributed by atoms with van der Waals surface area (Å²) >= 11 is 0. The maximum Gasteiger partial charge on any atom is 0.413 e. The molecule has 2 amide bonds. The Morgan fingerprint density at radius 1 is 1.23 bits per heavy atom. The average molecular weight is 481 g/mol. The van der Waals surface area contributed by atoms with Gasteiger partial charge in [-0.15, -0.1) is 0 Å². The number of ether oxygens (including phenoxy) is 2. The Kier molecular flexibility index (Phi) is 5.75. The van der Waals surface area contributed by atoms with Gasteiger partial charge in [0.05, 0.1) is 5.69 Å². The SMILES string of the molecule is CNC(=O)C1CC(OC(=O)Nc2cc3cc(-c4cnc5c(c4C)NCCO5)c(F)c(N)c3cn2)C1. The first kappa shape index (κ1) is 22.6. The zero-order chi connectivity index (χ0) is 24.7. The van der Waals surface area contributed by atoms with Crippen LogP contribution in [0.2, 0.25) is 0 Å². The Balaban J connectivity index is 1.39. The molecule has 35 heavy (non-hydrogen) atoms. The molecule has 0 radical (unpaired) electrons. The monoisotopic (exact) mass is 480 g/mol. The van der Waals surface area contributed by atoms with E-state index < -0.39 is 11.9 Å². The highest BCUT2D eigenvalue weighted by atomic mass is 19.1. The van der Waals surface area contributed by atoms with Crippen LogP contribution in [0.25, 0.3) is 21.9 Å². The molecular formula is C24H25FN6O4. The molecule has 0 spiro atoms. The number of nitrogens with zero attached hydrogens (tertiary/aromatic N) is 2. The Hall–Kier alpha value is -4.15. The van der Waals surface area contributed by atoms with Gasteiger partial charge in [0, 0.05) is 48.4 Å². The van der Waals surface area contributed by atoms with Crippen molar-refractivity contribution in [2.24, 2.45) is 5.92 Å². The third-order valence-corrected chi connectivity index (χ3v) is 6.45. The van der Waals surface area contributed by atoms with Crippen LogP contribution in [0.4, 0.5) is 26.4 Å². The number of amides is 2. The van der Waals surface area contributed by atoms with Gasteiger partial charge in [-0.3, -0.25) is 10.1 Å². The standard InChI is InChI=1S/C24H25FN6O4/c1-11-16(9-30-23-21(11)28-3-4-34-23)15-7-12-8-18(29-10-17(12)20(26)19(15)25)31-24(33)35-14-5-13(6-14)22(32)27-2/h7-10,13-14,28H,3-6,26H2,1-2H3,(H,27,32)(H,29,31,33). The third-order valence-electron chi connectivity index (χ3n) is 6.45. The lowest BCUT2D eigenvalue weighted by Gasteiger charge is -2.32. The van der Waals surface area contributed by atoms with Gasteiger partial charge in [0.25, 0.3) is 0 Å². The van der Waals surface area contributed by atoms with Crippen molar-refractivity contribution in [1.82, 2.24) is 15.3 Å². The minimum absolute atomic E-state index is 0.0461. The van der Waals surface area contributed by atoms with Crippen LogP contribution < -0.4 is 26.4 Å². The maximum absolute atomic E-state index is 15.3. The molecule has 11 heteroatoms. The molecule has 3 heterocycles. The Bertz CT molecular complexity index is 1340.